The molecule has 1 aliphatic heterocycles. The lowest BCUT2D eigenvalue weighted by Gasteiger charge is -2.32. The molecule has 1 unspecified atom stereocenters. The number of benzene rings is 1. The van der Waals surface area contributed by atoms with E-state index in [9.17, 15) is 4.39 Å². The van der Waals surface area contributed by atoms with E-state index in [1.807, 2.05) is 38.7 Å². The Morgan fingerprint density at radius 3 is 2.68 bits per heavy atom. The molecule has 1 atom stereocenters. The molecule has 0 spiro atoms. The third-order valence-electron chi connectivity index (χ3n) is 5.51. The molecule has 31 heavy (non-hydrogen) atoms. The first-order valence-electron chi connectivity index (χ1n) is 9.87. The van der Waals surface area contributed by atoms with Crippen LogP contribution >= 0.6 is 0 Å². The van der Waals surface area contributed by atoms with Gasteiger partial charge in [-0.1, -0.05) is 0 Å². The summed E-state index contributed by atoms with van der Waals surface area (Å²) >= 11 is 0. The third kappa shape index (κ3) is 2.73. The SMILES string of the molecule is Cc1nn(C)cc1C1(N)N=C(N)c2c(-c3ccc(F)c4[nH]ncc34)nn(C(C)C)c2N1. The van der Waals surface area contributed by atoms with Crippen molar-refractivity contribution in [3.05, 3.63) is 47.2 Å². The van der Waals surface area contributed by atoms with Crippen LogP contribution < -0.4 is 16.8 Å². The van der Waals surface area contributed by atoms with Crippen LogP contribution in [0.15, 0.2) is 29.5 Å². The van der Waals surface area contributed by atoms with Crippen molar-refractivity contribution in [2.45, 2.75) is 32.6 Å². The van der Waals surface area contributed by atoms with Crippen LogP contribution in [-0.2, 0) is 12.8 Å². The number of fused-ring (bicyclic) bond motifs is 2. The van der Waals surface area contributed by atoms with Gasteiger partial charge in [-0.15, -0.1) is 0 Å². The van der Waals surface area contributed by atoms with Crippen molar-refractivity contribution < 1.29 is 4.39 Å². The molecule has 0 amide bonds. The Kier molecular flexibility index (Phi) is 3.96. The van der Waals surface area contributed by atoms with Gasteiger partial charge in [-0.3, -0.25) is 15.5 Å². The fourth-order valence-corrected chi connectivity index (χ4v) is 4.12. The third-order valence-corrected chi connectivity index (χ3v) is 5.51. The van der Waals surface area contributed by atoms with Gasteiger partial charge >= 0.3 is 0 Å². The molecule has 1 aromatic carbocycles. The van der Waals surface area contributed by atoms with Crippen molar-refractivity contribution in [1.82, 2.24) is 29.8 Å². The molecule has 0 bridgehead atoms. The Balaban J connectivity index is 1.75. The Bertz CT molecular complexity index is 1360. The Morgan fingerprint density at radius 1 is 1.23 bits per heavy atom. The largest absolute Gasteiger partial charge is 0.383 e. The van der Waals surface area contributed by atoms with Gasteiger partial charge in [0.25, 0.3) is 0 Å². The van der Waals surface area contributed by atoms with Crippen molar-refractivity contribution in [2.75, 3.05) is 5.32 Å². The smallest absolute Gasteiger partial charge is 0.215 e. The molecule has 0 saturated heterocycles. The molecule has 0 saturated carbocycles. The van der Waals surface area contributed by atoms with E-state index in [4.69, 9.17) is 16.6 Å². The van der Waals surface area contributed by atoms with Crippen LogP contribution in [0, 0.1) is 12.7 Å². The summed E-state index contributed by atoms with van der Waals surface area (Å²) in [6, 6.07) is 3.05. The second-order valence-corrected chi connectivity index (χ2v) is 8.05. The molecule has 0 aliphatic carbocycles. The second-order valence-electron chi connectivity index (χ2n) is 8.05. The number of halogens is 1. The minimum atomic E-state index is -1.30. The number of aliphatic imine (C=N–C) groups is 1. The maximum atomic E-state index is 14.2. The van der Waals surface area contributed by atoms with Gasteiger partial charge in [-0.25, -0.2) is 14.1 Å². The second kappa shape index (κ2) is 6.38. The van der Waals surface area contributed by atoms with Crippen molar-refractivity contribution in [2.24, 2.45) is 23.5 Å². The van der Waals surface area contributed by atoms with Crippen molar-refractivity contribution in [3.63, 3.8) is 0 Å². The predicted octanol–water partition coefficient (Wildman–Crippen LogP) is 2.09. The van der Waals surface area contributed by atoms with Crippen LogP contribution in [0.25, 0.3) is 22.2 Å². The van der Waals surface area contributed by atoms with E-state index in [2.05, 4.69) is 25.6 Å². The van der Waals surface area contributed by atoms with E-state index < -0.39 is 5.79 Å². The Morgan fingerprint density at radius 2 is 2.00 bits per heavy atom. The molecule has 0 fully saturated rings. The summed E-state index contributed by atoms with van der Waals surface area (Å²) in [5.74, 6) is -0.805. The molecule has 11 heteroatoms. The molecule has 3 aromatic heterocycles. The lowest BCUT2D eigenvalue weighted by atomic mass is 10.0. The zero-order valence-corrected chi connectivity index (χ0v) is 17.6. The Hall–Kier alpha value is -3.73. The maximum absolute atomic E-state index is 14.2. The van der Waals surface area contributed by atoms with Crippen LogP contribution in [0.5, 0.6) is 0 Å². The summed E-state index contributed by atoms with van der Waals surface area (Å²) in [7, 11) is 1.82. The van der Waals surface area contributed by atoms with Gasteiger partial charge in [0.2, 0.25) is 5.79 Å². The number of nitrogens with two attached hydrogens (primary N) is 2. The van der Waals surface area contributed by atoms with Crippen LogP contribution in [0.3, 0.4) is 0 Å². The number of hydrogen-bond donors (Lipinski definition) is 4. The molecule has 4 heterocycles. The molecule has 1 aliphatic rings. The van der Waals surface area contributed by atoms with E-state index in [1.54, 1.807) is 16.9 Å². The van der Waals surface area contributed by atoms with Crippen LogP contribution in [0.4, 0.5) is 10.2 Å². The van der Waals surface area contributed by atoms with Gasteiger partial charge in [0.15, 0.2) is 0 Å². The molecule has 5 rings (SSSR count). The summed E-state index contributed by atoms with van der Waals surface area (Å²) in [5.41, 5.74) is 16.8. The normalized spacial score (nSPS) is 18.4. The maximum Gasteiger partial charge on any atom is 0.215 e. The molecule has 4 aromatic rings. The molecule has 6 N–H and O–H groups in total. The number of aromatic nitrogens is 6. The predicted molar refractivity (Wildman–Crippen MR) is 116 cm³/mol. The summed E-state index contributed by atoms with van der Waals surface area (Å²) in [4.78, 5) is 4.60. The van der Waals surface area contributed by atoms with E-state index in [0.717, 1.165) is 5.69 Å². The molecule has 0 radical (unpaired) electrons. The fraction of sp³-hybridized carbons (Fsp3) is 0.300. The number of rotatable bonds is 3. The van der Waals surface area contributed by atoms with Crippen LogP contribution in [0.2, 0.25) is 0 Å². The first kappa shape index (κ1) is 19.2. The highest BCUT2D eigenvalue weighted by Crippen LogP contribution is 2.40. The minimum absolute atomic E-state index is 0.000402. The van der Waals surface area contributed by atoms with Gasteiger partial charge in [0.05, 0.1) is 23.0 Å². The zero-order chi connectivity index (χ0) is 22.1. The van der Waals surface area contributed by atoms with Gasteiger partial charge in [-0.05, 0) is 32.9 Å². The number of H-pyrrole nitrogens is 1. The highest BCUT2D eigenvalue weighted by Gasteiger charge is 2.39. The zero-order valence-electron chi connectivity index (χ0n) is 17.6. The summed E-state index contributed by atoms with van der Waals surface area (Å²) in [6.07, 6.45) is 3.39. The van der Waals surface area contributed by atoms with E-state index in [0.29, 0.717) is 39.1 Å². The van der Waals surface area contributed by atoms with Crippen molar-refractivity contribution in [1.29, 1.82) is 0 Å². The van der Waals surface area contributed by atoms with E-state index in [1.165, 1.54) is 6.07 Å². The van der Waals surface area contributed by atoms with E-state index >= 15 is 0 Å². The minimum Gasteiger partial charge on any atom is -0.383 e. The number of nitrogens with one attached hydrogen (secondary N) is 2. The highest BCUT2D eigenvalue weighted by molar-refractivity contribution is 6.11. The number of aryl methyl sites for hydroxylation is 2. The molecule has 10 nitrogen and oxygen atoms in total. The lowest BCUT2D eigenvalue weighted by Crippen LogP contribution is -2.48. The fourth-order valence-electron chi connectivity index (χ4n) is 4.12. The quantitative estimate of drug-likeness (QED) is 0.398. The standard InChI is InChI=1S/C20H23FN10/c1-9(2)31-19-15(17(29-31)11-5-6-14(21)16-12(11)7-24-27-16)18(22)25-20(23,26-19)13-8-30(4)28-10(13)3/h5-9,26H,23H2,1-4H3,(H2,22,25)(H,24,27). The molecular formula is C20H23FN10. The number of aromatic amines is 1. The summed E-state index contributed by atoms with van der Waals surface area (Å²) < 4.78 is 17.7. The van der Waals surface area contributed by atoms with E-state index in [-0.39, 0.29) is 17.7 Å². The van der Waals surface area contributed by atoms with Gasteiger partial charge in [0, 0.05) is 30.2 Å². The highest BCUT2D eigenvalue weighted by atomic mass is 19.1. The average molecular weight is 422 g/mol. The van der Waals surface area contributed by atoms with Crippen LogP contribution in [-0.4, -0.2) is 35.6 Å². The molecule has 160 valence electrons. The topological polar surface area (TPSA) is 141 Å². The number of amidine groups is 1. The summed E-state index contributed by atoms with van der Waals surface area (Å²) in [6.45, 7) is 5.88. The van der Waals surface area contributed by atoms with Crippen molar-refractivity contribution in [3.8, 4) is 11.3 Å². The summed E-state index contributed by atoms with van der Waals surface area (Å²) in [5, 5.41) is 19.8. The number of hydrogen-bond acceptors (Lipinski definition) is 7. The first-order chi connectivity index (χ1) is 14.7. The lowest BCUT2D eigenvalue weighted by molar-refractivity contribution is 0.494. The van der Waals surface area contributed by atoms with Crippen LogP contribution in [0.1, 0.15) is 36.7 Å². The number of anilines is 1. The van der Waals surface area contributed by atoms with Gasteiger partial charge < -0.3 is 11.1 Å². The van der Waals surface area contributed by atoms with Crippen molar-refractivity contribution >= 4 is 22.6 Å². The monoisotopic (exact) mass is 422 g/mol. The van der Waals surface area contributed by atoms with Gasteiger partial charge in [0.1, 0.15) is 28.7 Å². The first-order valence-corrected chi connectivity index (χ1v) is 9.87. The van der Waals surface area contributed by atoms with Gasteiger partial charge in [-0.2, -0.15) is 15.3 Å². The average Bonchev–Trinajstić information content (AvgIpc) is 3.39. The number of nitrogens with zero attached hydrogens (tertiary/aromatic N) is 6. The molecular weight excluding hydrogens is 399 g/mol. The Labute approximate surface area is 177 Å².